The van der Waals surface area contributed by atoms with E-state index in [1.807, 2.05) is 0 Å². The Hall–Kier alpha value is -0.120. The molecule has 2 fully saturated rings. The molecule has 2 unspecified atom stereocenters. The van der Waals surface area contributed by atoms with E-state index in [0.29, 0.717) is 18.5 Å². The van der Waals surface area contributed by atoms with Gasteiger partial charge in [-0.2, -0.15) is 0 Å². The molecule has 3 nitrogen and oxygen atoms in total. The second-order valence-electron chi connectivity index (χ2n) is 6.02. The monoisotopic (exact) mass is 240 g/mol. The molecule has 0 aliphatic heterocycles. The Morgan fingerprint density at radius 1 is 1.24 bits per heavy atom. The van der Waals surface area contributed by atoms with Crippen LogP contribution in [0.25, 0.3) is 0 Å². The van der Waals surface area contributed by atoms with Crippen molar-refractivity contribution >= 4 is 0 Å². The van der Waals surface area contributed by atoms with Gasteiger partial charge in [0.05, 0.1) is 6.61 Å². The first-order valence-electron chi connectivity index (χ1n) is 7.18. The van der Waals surface area contributed by atoms with Gasteiger partial charge < -0.3 is 15.8 Å². The second-order valence-corrected chi connectivity index (χ2v) is 6.02. The zero-order valence-electron chi connectivity index (χ0n) is 11.3. The maximum Gasteiger partial charge on any atom is 0.0503 e. The van der Waals surface area contributed by atoms with Gasteiger partial charge in [-0.15, -0.1) is 0 Å². The lowest BCUT2D eigenvalue weighted by Gasteiger charge is -2.26. The lowest BCUT2D eigenvalue weighted by atomic mass is 9.96. The summed E-state index contributed by atoms with van der Waals surface area (Å²) in [7, 11) is 1.77. The normalized spacial score (nSPS) is 24.0. The van der Waals surface area contributed by atoms with Gasteiger partial charge in [0.15, 0.2) is 0 Å². The number of nitrogens with two attached hydrogens (primary N) is 1. The third kappa shape index (κ3) is 3.94. The molecule has 3 N–H and O–H groups in total. The molecule has 3 heteroatoms. The van der Waals surface area contributed by atoms with E-state index < -0.39 is 0 Å². The first-order valence-corrected chi connectivity index (χ1v) is 7.18. The van der Waals surface area contributed by atoms with Crippen LogP contribution in [0.15, 0.2) is 0 Å². The number of hydrogen-bond acceptors (Lipinski definition) is 3. The minimum Gasteiger partial charge on any atom is -0.384 e. The van der Waals surface area contributed by atoms with E-state index >= 15 is 0 Å². The predicted octanol–water partition coefficient (Wildman–Crippen LogP) is 1.62. The van der Waals surface area contributed by atoms with E-state index in [0.717, 1.165) is 24.4 Å². The molecular weight excluding hydrogens is 212 g/mol. The van der Waals surface area contributed by atoms with E-state index in [9.17, 15) is 0 Å². The lowest BCUT2D eigenvalue weighted by Crippen LogP contribution is -2.45. The van der Waals surface area contributed by atoms with Crippen LogP contribution in [-0.4, -0.2) is 32.8 Å². The molecule has 2 aliphatic rings. The van der Waals surface area contributed by atoms with Crippen molar-refractivity contribution in [1.82, 2.24) is 5.32 Å². The third-order valence-electron chi connectivity index (χ3n) is 4.44. The molecule has 0 aromatic heterocycles. The summed E-state index contributed by atoms with van der Waals surface area (Å²) in [6, 6.07) is 0.412. The number of rotatable bonds is 9. The molecule has 2 saturated carbocycles. The summed E-state index contributed by atoms with van der Waals surface area (Å²) in [4.78, 5) is 0. The van der Waals surface area contributed by atoms with Gasteiger partial charge in [0.2, 0.25) is 0 Å². The van der Waals surface area contributed by atoms with Crippen LogP contribution in [0, 0.1) is 23.7 Å². The van der Waals surface area contributed by atoms with E-state index in [2.05, 4.69) is 12.2 Å². The summed E-state index contributed by atoms with van der Waals surface area (Å²) in [5.74, 6) is 3.47. The molecule has 0 saturated heterocycles. The van der Waals surface area contributed by atoms with E-state index in [4.69, 9.17) is 10.5 Å². The summed E-state index contributed by atoms with van der Waals surface area (Å²) in [5, 5.41) is 3.69. The van der Waals surface area contributed by atoms with Crippen molar-refractivity contribution in [2.24, 2.45) is 29.4 Å². The van der Waals surface area contributed by atoms with Crippen LogP contribution in [0.5, 0.6) is 0 Å². The highest BCUT2D eigenvalue weighted by Gasteiger charge is 2.41. The molecule has 0 aromatic rings. The topological polar surface area (TPSA) is 47.3 Å². The van der Waals surface area contributed by atoms with Gasteiger partial charge in [-0.1, -0.05) is 6.92 Å². The number of nitrogens with one attached hydrogen (secondary N) is 1. The Morgan fingerprint density at radius 2 is 1.82 bits per heavy atom. The Labute approximate surface area is 105 Å². The molecule has 17 heavy (non-hydrogen) atoms. The second kappa shape index (κ2) is 6.17. The van der Waals surface area contributed by atoms with E-state index in [1.54, 1.807) is 7.11 Å². The molecule has 0 heterocycles. The van der Waals surface area contributed by atoms with Crippen molar-refractivity contribution in [1.29, 1.82) is 0 Å². The van der Waals surface area contributed by atoms with Crippen molar-refractivity contribution in [3.63, 3.8) is 0 Å². The molecule has 0 bridgehead atoms. The maximum atomic E-state index is 5.86. The maximum absolute atomic E-state index is 5.86. The fraction of sp³-hybridized carbons (Fsp3) is 1.00. The molecule has 2 rings (SSSR count). The Morgan fingerprint density at radius 3 is 2.24 bits per heavy atom. The standard InChI is InChI=1S/C14H28N2O/c1-10(9-17-2)14(7-15)16-8-13(11-3-4-11)12-5-6-12/h10-14,16H,3-9,15H2,1-2H3. The fourth-order valence-corrected chi connectivity index (χ4v) is 2.95. The Balaban J connectivity index is 1.73. The predicted molar refractivity (Wildman–Crippen MR) is 70.8 cm³/mol. The van der Waals surface area contributed by atoms with Crippen molar-refractivity contribution in [2.75, 3.05) is 26.8 Å². The van der Waals surface area contributed by atoms with Crippen molar-refractivity contribution in [2.45, 2.75) is 38.6 Å². The zero-order chi connectivity index (χ0) is 12.3. The summed E-state index contributed by atoms with van der Waals surface area (Å²) >= 11 is 0. The van der Waals surface area contributed by atoms with Crippen molar-refractivity contribution < 1.29 is 4.74 Å². The first kappa shape index (κ1) is 13.3. The molecule has 0 radical (unpaired) electrons. The van der Waals surface area contributed by atoms with Crippen molar-refractivity contribution in [3.8, 4) is 0 Å². The summed E-state index contributed by atoms with van der Waals surface area (Å²) < 4.78 is 5.22. The molecule has 2 aliphatic carbocycles. The van der Waals surface area contributed by atoms with Gasteiger partial charge >= 0.3 is 0 Å². The van der Waals surface area contributed by atoms with Gasteiger partial charge in [0.25, 0.3) is 0 Å². The Kier molecular flexibility index (Phi) is 4.83. The SMILES string of the molecule is COCC(C)C(CN)NCC(C1CC1)C1CC1. The Bertz CT molecular complexity index is 214. The largest absolute Gasteiger partial charge is 0.384 e. The third-order valence-corrected chi connectivity index (χ3v) is 4.44. The average Bonchev–Trinajstić information content (AvgIpc) is 3.17. The average molecular weight is 240 g/mol. The molecule has 0 amide bonds. The van der Waals surface area contributed by atoms with Crippen LogP contribution in [0.1, 0.15) is 32.6 Å². The smallest absolute Gasteiger partial charge is 0.0503 e. The molecule has 0 aromatic carbocycles. The minimum absolute atomic E-state index is 0.412. The minimum atomic E-state index is 0.412. The fourth-order valence-electron chi connectivity index (χ4n) is 2.95. The van der Waals surface area contributed by atoms with Crippen LogP contribution >= 0.6 is 0 Å². The van der Waals surface area contributed by atoms with Gasteiger partial charge in [-0.25, -0.2) is 0 Å². The van der Waals surface area contributed by atoms with E-state index in [-0.39, 0.29) is 0 Å². The number of methoxy groups -OCH3 is 1. The number of ether oxygens (including phenoxy) is 1. The van der Waals surface area contributed by atoms with Gasteiger partial charge in [0.1, 0.15) is 0 Å². The van der Waals surface area contributed by atoms with Gasteiger partial charge in [-0.3, -0.25) is 0 Å². The quantitative estimate of drug-likeness (QED) is 0.644. The molecule has 0 spiro atoms. The highest BCUT2D eigenvalue weighted by Crippen LogP contribution is 2.48. The summed E-state index contributed by atoms with van der Waals surface area (Å²) in [6.07, 6.45) is 5.85. The highest BCUT2D eigenvalue weighted by molar-refractivity contribution is 4.93. The number of hydrogen-bond donors (Lipinski definition) is 2. The van der Waals surface area contributed by atoms with Gasteiger partial charge in [0, 0.05) is 19.7 Å². The summed E-state index contributed by atoms with van der Waals surface area (Å²) in [5.41, 5.74) is 5.86. The van der Waals surface area contributed by atoms with E-state index in [1.165, 1.54) is 32.2 Å². The van der Waals surface area contributed by atoms with Crippen LogP contribution in [-0.2, 0) is 4.74 Å². The zero-order valence-corrected chi connectivity index (χ0v) is 11.3. The van der Waals surface area contributed by atoms with Crippen LogP contribution in [0.3, 0.4) is 0 Å². The van der Waals surface area contributed by atoms with Crippen LogP contribution in [0.2, 0.25) is 0 Å². The van der Waals surface area contributed by atoms with Crippen LogP contribution in [0.4, 0.5) is 0 Å². The molecule has 100 valence electrons. The van der Waals surface area contributed by atoms with Gasteiger partial charge in [-0.05, 0) is 55.9 Å². The van der Waals surface area contributed by atoms with Crippen molar-refractivity contribution in [3.05, 3.63) is 0 Å². The molecule has 2 atom stereocenters. The lowest BCUT2D eigenvalue weighted by molar-refractivity contribution is 0.138. The highest BCUT2D eigenvalue weighted by atomic mass is 16.5. The van der Waals surface area contributed by atoms with Crippen LogP contribution < -0.4 is 11.1 Å². The summed E-state index contributed by atoms with van der Waals surface area (Å²) in [6.45, 7) is 4.90. The molecular formula is C14H28N2O. The first-order chi connectivity index (χ1) is 8.26.